The van der Waals surface area contributed by atoms with E-state index in [0.29, 0.717) is 36.7 Å². The summed E-state index contributed by atoms with van der Waals surface area (Å²) in [4.78, 5) is 37.5. The van der Waals surface area contributed by atoms with Crippen LogP contribution in [0, 0.1) is 5.92 Å². The highest BCUT2D eigenvalue weighted by Gasteiger charge is 2.28. The van der Waals surface area contributed by atoms with Crippen molar-refractivity contribution in [2.24, 2.45) is 5.92 Å². The molecule has 0 unspecified atom stereocenters. The van der Waals surface area contributed by atoms with Crippen molar-refractivity contribution in [2.75, 3.05) is 52.9 Å². The van der Waals surface area contributed by atoms with Gasteiger partial charge in [0, 0.05) is 76.7 Å². The van der Waals surface area contributed by atoms with Gasteiger partial charge in [-0.3, -0.25) is 14.5 Å². The lowest BCUT2D eigenvalue weighted by Crippen LogP contribution is -2.46. The number of aromatic nitrogens is 2. The van der Waals surface area contributed by atoms with Crippen molar-refractivity contribution in [2.45, 2.75) is 32.5 Å². The van der Waals surface area contributed by atoms with Crippen LogP contribution in [0.15, 0.2) is 36.9 Å². The summed E-state index contributed by atoms with van der Waals surface area (Å²) < 4.78 is 16.9. The van der Waals surface area contributed by atoms with E-state index in [0.717, 1.165) is 12.1 Å². The lowest BCUT2D eigenvalue weighted by molar-refractivity contribution is -0.119. The predicted molar refractivity (Wildman–Crippen MR) is 131 cm³/mol. The van der Waals surface area contributed by atoms with Crippen molar-refractivity contribution >= 4 is 17.5 Å². The number of fused-ring (bicyclic) bond motifs is 1. The Hall–Kier alpha value is -3.08. The van der Waals surface area contributed by atoms with Gasteiger partial charge in [-0.2, -0.15) is 0 Å². The Labute approximate surface area is 206 Å². The number of amides is 2. The molecule has 0 saturated carbocycles. The molecular formula is C25H35N5O5. The highest BCUT2D eigenvalue weighted by atomic mass is 16.5. The van der Waals surface area contributed by atoms with Crippen molar-refractivity contribution in [1.29, 1.82) is 0 Å². The molecule has 0 spiro atoms. The molecule has 2 heterocycles. The Kier molecular flexibility index (Phi) is 9.53. The first-order chi connectivity index (χ1) is 16.8. The minimum atomic E-state index is -0.286. The number of likely N-dealkylation sites (N-methyl/N-ethyl adjacent to an activating group) is 1. The molecule has 1 aliphatic heterocycles. The standard InChI is InChI=1S/C25H35N5O5/c1-17-11-30(12-19-9-26-16-27-10-19)18(2)14-35-22-8-20(28-24(31)15-33-4)6-7-21(22)25(32)29(3)13-23(17)34-5/h6-10,16-18,23H,11-15H2,1-5H3,(H,28,31)/t17-,18-,23+/m1/s1. The van der Waals surface area contributed by atoms with Gasteiger partial charge in [-0.1, -0.05) is 6.92 Å². The van der Waals surface area contributed by atoms with E-state index in [9.17, 15) is 9.59 Å². The lowest BCUT2D eigenvalue weighted by Gasteiger charge is -2.36. The highest BCUT2D eigenvalue weighted by molar-refractivity contribution is 5.98. The largest absolute Gasteiger partial charge is 0.491 e. The second-order valence-electron chi connectivity index (χ2n) is 8.97. The summed E-state index contributed by atoms with van der Waals surface area (Å²) in [5.41, 5.74) is 1.96. The van der Waals surface area contributed by atoms with Gasteiger partial charge in [-0.05, 0) is 25.0 Å². The molecular weight excluding hydrogens is 450 g/mol. The van der Waals surface area contributed by atoms with Crippen LogP contribution in [-0.2, 0) is 20.8 Å². The summed E-state index contributed by atoms with van der Waals surface area (Å²) in [6.45, 7) is 6.31. The number of anilines is 1. The van der Waals surface area contributed by atoms with Gasteiger partial charge in [0.1, 0.15) is 25.3 Å². The average Bonchev–Trinajstić information content (AvgIpc) is 2.85. The number of hydrogen-bond acceptors (Lipinski definition) is 8. The van der Waals surface area contributed by atoms with Crippen molar-refractivity contribution in [3.8, 4) is 5.75 Å². The number of nitrogens with zero attached hydrogens (tertiary/aromatic N) is 4. The summed E-state index contributed by atoms with van der Waals surface area (Å²) in [7, 11) is 4.89. The number of carbonyl (C=O) groups is 2. The molecule has 3 rings (SSSR count). The zero-order valence-corrected chi connectivity index (χ0v) is 21.1. The molecule has 0 aliphatic carbocycles. The first-order valence-electron chi connectivity index (χ1n) is 11.6. The molecule has 2 amide bonds. The molecule has 1 aromatic carbocycles. The summed E-state index contributed by atoms with van der Waals surface area (Å²) >= 11 is 0. The van der Waals surface area contributed by atoms with E-state index in [1.54, 1.807) is 37.3 Å². The van der Waals surface area contributed by atoms with Gasteiger partial charge >= 0.3 is 0 Å². The summed E-state index contributed by atoms with van der Waals surface area (Å²) in [6.07, 6.45) is 4.99. The van der Waals surface area contributed by atoms with E-state index in [4.69, 9.17) is 14.2 Å². The minimum Gasteiger partial charge on any atom is -0.491 e. The average molecular weight is 486 g/mol. The van der Waals surface area contributed by atoms with Crippen LogP contribution in [0.2, 0.25) is 0 Å². The fraction of sp³-hybridized carbons (Fsp3) is 0.520. The number of hydrogen-bond donors (Lipinski definition) is 1. The second-order valence-corrected chi connectivity index (χ2v) is 8.97. The maximum absolute atomic E-state index is 13.3. The number of carbonyl (C=O) groups excluding carboxylic acids is 2. The maximum Gasteiger partial charge on any atom is 0.257 e. The van der Waals surface area contributed by atoms with E-state index in [2.05, 4.69) is 34.0 Å². The second kappa shape index (κ2) is 12.6. The predicted octanol–water partition coefficient (Wildman–Crippen LogP) is 2.07. The van der Waals surface area contributed by atoms with E-state index < -0.39 is 0 Å². The molecule has 1 N–H and O–H groups in total. The van der Waals surface area contributed by atoms with Gasteiger partial charge in [0.2, 0.25) is 5.91 Å². The number of ether oxygens (including phenoxy) is 3. The van der Waals surface area contributed by atoms with Crippen LogP contribution in [0.5, 0.6) is 5.75 Å². The molecule has 1 aliphatic rings. The van der Waals surface area contributed by atoms with Crippen LogP contribution in [0.25, 0.3) is 0 Å². The quantitative estimate of drug-likeness (QED) is 0.663. The van der Waals surface area contributed by atoms with Crippen LogP contribution in [-0.4, -0.2) is 91.3 Å². The number of methoxy groups -OCH3 is 2. The molecule has 35 heavy (non-hydrogen) atoms. The van der Waals surface area contributed by atoms with Gasteiger partial charge < -0.3 is 24.4 Å². The highest BCUT2D eigenvalue weighted by Crippen LogP contribution is 2.27. The molecule has 0 bridgehead atoms. The van der Waals surface area contributed by atoms with Gasteiger partial charge in [0.05, 0.1) is 11.7 Å². The van der Waals surface area contributed by atoms with Gasteiger partial charge in [-0.25, -0.2) is 9.97 Å². The Morgan fingerprint density at radius 1 is 1.20 bits per heavy atom. The van der Waals surface area contributed by atoms with E-state index in [1.807, 2.05) is 12.4 Å². The zero-order valence-electron chi connectivity index (χ0n) is 21.1. The SMILES string of the molecule is COCC(=O)Nc1ccc2c(c1)OC[C@@H](C)N(Cc1cncnc1)C[C@@H](C)[C@@H](OC)CN(C)C2=O. The molecule has 0 radical (unpaired) electrons. The maximum atomic E-state index is 13.3. The van der Waals surface area contributed by atoms with E-state index >= 15 is 0 Å². The monoisotopic (exact) mass is 485 g/mol. The normalized spacial score (nSPS) is 21.9. The smallest absolute Gasteiger partial charge is 0.257 e. The van der Waals surface area contributed by atoms with E-state index in [1.165, 1.54) is 13.4 Å². The topological polar surface area (TPSA) is 106 Å². The Balaban J connectivity index is 1.92. The molecule has 1 aromatic heterocycles. The third-order valence-electron chi connectivity index (χ3n) is 6.13. The Morgan fingerprint density at radius 2 is 1.94 bits per heavy atom. The fourth-order valence-electron chi connectivity index (χ4n) is 4.12. The number of nitrogens with one attached hydrogen (secondary N) is 1. The Bertz CT molecular complexity index is 989. The van der Waals surface area contributed by atoms with Crippen LogP contribution in [0.3, 0.4) is 0 Å². The van der Waals surface area contributed by atoms with Crippen molar-refractivity contribution in [3.63, 3.8) is 0 Å². The lowest BCUT2D eigenvalue weighted by atomic mass is 10.0. The number of benzene rings is 1. The van der Waals surface area contributed by atoms with Crippen LogP contribution >= 0.6 is 0 Å². The first-order valence-corrected chi connectivity index (χ1v) is 11.6. The summed E-state index contributed by atoms with van der Waals surface area (Å²) in [6, 6.07) is 5.06. The third-order valence-corrected chi connectivity index (χ3v) is 6.13. The first kappa shape index (κ1) is 26.5. The van der Waals surface area contributed by atoms with Crippen LogP contribution in [0.4, 0.5) is 5.69 Å². The molecule has 10 nitrogen and oxygen atoms in total. The fourth-order valence-corrected chi connectivity index (χ4v) is 4.12. The summed E-state index contributed by atoms with van der Waals surface area (Å²) in [5.74, 6) is 0.107. The van der Waals surface area contributed by atoms with Gasteiger partial charge in [0.25, 0.3) is 5.91 Å². The number of rotatable bonds is 6. The molecule has 3 atom stereocenters. The van der Waals surface area contributed by atoms with Crippen LogP contribution < -0.4 is 10.1 Å². The van der Waals surface area contributed by atoms with Crippen LogP contribution in [0.1, 0.15) is 29.8 Å². The molecule has 0 saturated heterocycles. The molecule has 10 heteroatoms. The Morgan fingerprint density at radius 3 is 2.63 bits per heavy atom. The minimum absolute atomic E-state index is 0.0157. The molecule has 190 valence electrons. The third kappa shape index (κ3) is 7.20. The summed E-state index contributed by atoms with van der Waals surface area (Å²) in [5, 5.41) is 2.77. The van der Waals surface area contributed by atoms with Crippen molar-refractivity contribution in [1.82, 2.24) is 19.8 Å². The zero-order chi connectivity index (χ0) is 25.4. The van der Waals surface area contributed by atoms with E-state index in [-0.39, 0.29) is 36.5 Å². The molecule has 0 fully saturated rings. The molecule has 2 aromatic rings. The van der Waals surface area contributed by atoms with Gasteiger partial charge in [-0.15, -0.1) is 0 Å². The van der Waals surface area contributed by atoms with Gasteiger partial charge in [0.15, 0.2) is 0 Å². The van der Waals surface area contributed by atoms with Crippen molar-refractivity contribution < 1.29 is 23.8 Å². The van der Waals surface area contributed by atoms with Crippen molar-refractivity contribution in [3.05, 3.63) is 48.0 Å².